The maximum Gasteiger partial charge on any atom is 0.274 e. The molecular formula is C24H26N4O3. The van der Waals surface area contributed by atoms with Crippen molar-refractivity contribution in [2.45, 2.75) is 26.3 Å². The van der Waals surface area contributed by atoms with Crippen LogP contribution >= 0.6 is 0 Å². The number of carbonyl (C=O) groups excluding carboxylic acids is 2. The molecule has 1 aromatic heterocycles. The Balaban J connectivity index is 1.27. The van der Waals surface area contributed by atoms with E-state index in [-0.39, 0.29) is 23.3 Å². The lowest BCUT2D eigenvalue weighted by Crippen LogP contribution is -2.43. The van der Waals surface area contributed by atoms with Crippen molar-refractivity contribution in [3.05, 3.63) is 76.2 Å². The molecule has 1 fully saturated rings. The van der Waals surface area contributed by atoms with Crippen LogP contribution in [0.5, 0.6) is 0 Å². The molecule has 2 aromatic carbocycles. The molecule has 0 spiro atoms. The van der Waals surface area contributed by atoms with Gasteiger partial charge in [-0.05, 0) is 38.0 Å². The molecule has 0 radical (unpaired) electrons. The van der Waals surface area contributed by atoms with Gasteiger partial charge in [0, 0.05) is 36.5 Å². The van der Waals surface area contributed by atoms with Crippen LogP contribution < -0.4 is 10.9 Å². The molecule has 0 bridgehead atoms. The Morgan fingerprint density at radius 1 is 1.06 bits per heavy atom. The second-order valence-electron chi connectivity index (χ2n) is 7.98. The second-order valence-corrected chi connectivity index (χ2v) is 7.98. The Kier molecular flexibility index (Phi) is 6.11. The molecule has 1 N–H and O–H groups in total. The topological polar surface area (TPSA) is 84.3 Å². The van der Waals surface area contributed by atoms with E-state index in [1.54, 1.807) is 12.3 Å². The third-order valence-electron chi connectivity index (χ3n) is 5.84. The van der Waals surface area contributed by atoms with Crippen molar-refractivity contribution in [3.8, 4) is 0 Å². The van der Waals surface area contributed by atoms with Gasteiger partial charge in [0.05, 0.1) is 18.1 Å². The number of likely N-dealkylation sites (tertiary alicyclic amines) is 1. The number of amides is 2. The summed E-state index contributed by atoms with van der Waals surface area (Å²) in [5.74, 6) is -0.139. The summed E-state index contributed by atoms with van der Waals surface area (Å²) in [4.78, 5) is 39.5. The minimum atomic E-state index is -0.157. The minimum Gasteiger partial charge on any atom is -0.354 e. The third-order valence-corrected chi connectivity index (χ3v) is 5.84. The Morgan fingerprint density at radius 3 is 2.52 bits per heavy atom. The largest absolute Gasteiger partial charge is 0.354 e. The fraction of sp³-hybridized carbons (Fsp3) is 0.333. The summed E-state index contributed by atoms with van der Waals surface area (Å²) in [6.45, 7) is 3.78. The molecule has 7 nitrogen and oxygen atoms in total. The average Bonchev–Trinajstić information content (AvgIpc) is 2.81. The number of fused-ring (bicyclic) bond motifs is 1. The Hall–Kier alpha value is -3.48. The molecule has 1 aliphatic rings. The van der Waals surface area contributed by atoms with E-state index >= 15 is 0 Å². The summed E-state index contributed by atoms with van der Waals surface area (Å²) in [6, 6.07) is 14.9. The van der Waals surface area contributed by atoms with Crippen LogP contribution in [0.3, 0.4) is 0 Å². The lowest BCUT2D eigenvalue weighted by Gasteiger charge is -2.31. The van der Waals surface area contributed by atoms with Crippen LogP contribution in [0.1, 0.15) is 28.8 Å². The molecule has 31 heavy (non-hydrogen) atoms. The van der Waals surface area contributed by atoms with E-state index in [1.165, 1.54) is 4.68 Å². The van der Waals surface area contributed by atoms with Gasteiger partial charge in [0.2, 0.25) is 5.91 Å². The number of nitrogens with one attached hydrogen (secondary N) is 1. The lowest BCUT2D eigenvalue weighted by molar-refractivity contribution is -0.126. The number of aryl methyl sites for hydroxylation is 1. The highest BCUT2D eigenvalue weighted by atomic mass is 16.2. The lowest BCUT2D eigenvalue weighted by atomic mass is 9.95. The fourth-order valence-electron chi connectivity index (χ4n) is 3.94. The molecule has 1 saturated heterocycles. The maximum absolute atomic E-state index is 12.6. The molecule has 0 unspecified atom stereocenters. The molecule has 160 valence electrons. The summed E-state index contributed by atoms with van der Waals surface area (Å²) in [6.07, 6.45) is 2.94. The number of aromatic nitrogens is 2. The number of carbonyl (C=O) groups is 2. The molecule has 4 rings (SSSR count). The molecule has 7 heteroatoms. The number of rotatable bonds is 5. The number of piperidine rings is 1. The van der Waals surface area contributed by atoms with Gasteiger partial charge < -0.3 is 10.2 Å². The second kappa shape index (κ2) is 9.12. The minimum absolute atomic E-state index is 0.0145. The van der Waals surface area contributed by atoms with Crippen LogP contribution in [0.25, 0.3) is 10.8 Å². The molecule has 0 saturated carbocycles. The van der Waals surface area contributed by atoms with Gasteiger partial charge in [-0.15, -0.1) is 0 Å². The monoisotopic (exact) mass is 418 g/mol. The number of hydrogen-bond acceptors (Lipinski definition) is 4. The quantitative estimate of drug-likeness (QED) is 0.690. The van der Waals surface area contributed by atoms with Gasteiger partial charge in [-0.3, -0.25) is 14.4 Å². The molecule has 2 amide bonds. The highest BCUT2D eigenvalue weighted by molar-refractivity contribution is 5.94. The summed E-state index contributed by atoms with van der Waals surface area (Å²) in [5.41, 5.74) is 1.64. The van der Waals surface area contributed by atoms with Crippen LogP contribution in [0.4, 0.5) is 0 Å². The zero-order valence-electron chi connectivity index (χ0n) is 17.6. The van der Waals surface area contributed by atoms with Crippen LogP contribution in [0.2, 0.25) is 0 Å². The average molecular weight is 418 g/mol. The normalized spacial score (nSPS) is 14.5. The van der Waals surface area contributed by atoms with Gasteiger partial charge in [0.25, 0.3) is 11.5 Å². The van der Waals surface area contributed by atoms with Crippen molar-refractivity contribution in [2.75, 3.05) is 19.6 Å². The molecule has 0 aliphatic carbocycles. The molecule has 2 heterocycles. The van der Waals surface area contributed by atoms with E-state index in [0.29, 0.717) is 50.0 Å². The first-order valence-corrected chi connectivity index (χ1v) is 10.6. The predicted molar refractivity (Wildman–Crippen MR) is 119 cm³/mol. The third kappa shape index (κ3) is 4.66. The zero-order chi connectivity index (χ0) is 21.8. The first-order valence-electron chi connectivity index (χ1n) is 10.6. The summed E-state index contributed by atoms with van der Waals surface area (Å²) in [5, 5.41) is 8.53. The Labute approximate surface area is 180 Å². The Bertz CT molecular complexity index is 1150. The first kappa shape index (κ1) is 20.8. The van der Waals surface area contributed by atoms with Gasteiger partial charge in [-0.2, -0.15) is 5.10 Å². The van der Waals surface area contributed by atoms with E-state index in [2.05, 4.69) is 10.4 Å². The van der Waals surface area contributed by atoms with Gasteiger partial charge in [-0.1, -0.05) is 35.9 Å². The maximum atomic E-state index is 12.6. The predicted octanol–water partition coefficient (Wildman–Crippen LogP) is 2.37. The van der Waals surface area contributed by atoms with Gasteiger partial charge in [0.15, 0.2) is 0 Å². The zero-order valence-corrected chi connectivity index (χ0v) is 17.6. The molecular weight excluding hydrogens is 392 g/mol. The van der Waals surface area contributed by atoms with Crippen LogP contribution in [-0.4, -0.2) is 46.1 Å². The fourth-order valence-corrected chi connectivity index (χ4v) is 3.94. The molecule has 1 aliphatic heterocycles. The highest BCUT2D eigenvalue weighted by Gasteiger charge is 2.27. The van der Waals surface area contributed by atoms with Crippen LogP contribution in [0, 0.1) is 12.8 Å². The number of nitrogens with zero attached hydrogens (tertiary/aromatic N) is 3. The van der Waals surface area contributed by atoms with Crippen LogP contribution in [0.15, 0.2) is 59.5 Å². The van der Waals surface area contributed by atoms with Crippen molar-refractivity contribution in [1.82, 2.24) is 20.0 Å². The van der Waals surface area contributed by atoms with Crippen molar-refractivity contribution in [2.24, 2.45) is 5.92 Å². The standard InChI is InChI=1S/C24H26N4O3/c1-17-6-8-19(9-7-17)23(30)27-13-10-18(11-14-27)22(29)25-12-15-28-24(31)21-5-3-2-4-20(21)16-26-28/h2-9,16,18H,10-15H2,1H3,(H,25,29). The van der Waals surface area contributed by atoms with Gasteiger partial charge in [-0.25, -0.2) is 4.68 Å². The van der Waals surface area contributed by atoms with E-state index in [0.717, 1.165) is 10.9 Å². The van der Waals surface area contributed by atoms with Crippen molar-refractivity contribution >= 4 is 22.6 Å². The highest BCUT2D eigenvalue weighted by Crippen LogP contribution is 2.19. The molecule has 3 aromatic rings. The number of hydrogen-bond donors (Lipinski definition) is 1. The summed E-state index contributed by atoms with van der Waals surface area (Å²) >= 11 is 0. The van der Waals surface area contributed by atoms with Gasteiger partial charge in [0.1, 0.15) is 0 Å². The van der Waals surface area contributed by atoms with Crippen molar-refractivity contribution < 1.29 is 9.59 Å². The van der Waals surface area contributed by atoms with E-state index in [1.807, 2.05) is 54.3 Å². The summed E-state index contributed by atoms with van der Waals surface area (Å²) in [7, 11) is 0. The first-order chi connectivity index (χ1) is 15.0. The van der Waals surface area contributed by atoms with E-state index < -0.39 is 0 Å². The Morgan fingerprint density at radius 2 is 1.77 bits per heavy atom. The summed E-state index contributed by atoms with van der Waals surface area (Å²) < 4.78 is 1.38. The van der Waals surface area contributed by atoms with Gasteiger partial charge >= 0.3 is 0 Å². The van der Waals surface area contributed by atoms with E-state index in [4.69, 9.17) is 0 Å². The molecule has 0 atom stereocenters. The van der Waals surface area contributed by atoms with E-state index in [9.17, 15) is 14.4 Å². The number of benzene rings is 2. The SMILES string of the molecule is Cc1ccc(C(=O)N2CCC(C(=O)NCCn3ncc4ccccc4c3=O)CC2)cc1. The smallest absolute Gasteiger partial charge is 0.274 e. The van der Waals surface area contributed by atoms with Crippen molar-refractivity contribution in [3.63, 3.8) is 0 Å². The van der Waals surface area contributed by atoms with Crippen molar-refractivity contribution in [1.29, 1.82) is 0 Å². The van der Waals surface area contributed by atoms with Crippen LogP contribution in [-0.2, 0) is 11.3 Å².